The molecule has 4 heteroatoms. The molecular weight excluding hydrogens is 312 g/mol. The van der Waals surface area contributed by atoms with E-state index in [4.69, 9.17) is 4.74 Å². The van der Waals surface area contributed by atoms with Crippen LogP contribution in [0, 0.1) is 0 Å². The fraction of sp³-hybridized carbons (Fsp3) is 0.0476. The topological polar surface area (TPSA) is 54.2 Å². The molecular formula is C21H18N2O2. The molecule has 3 aromatic rings. The van der Waals surface area contributed by atoms with Crippen molar-refractivity contribution < 1.29 is 9.84 Å². The Labute approximate surface area is 146 Å². The molecule has 0 aliphatic heterocycles. The summed E-state index contributed by atoms with van der Waals surface area (Å²) in [5.41, 5.74) is 3.50. The summed E-state index contributed by atoms with van der Waals surface area (Å²) in [6.07, 6.45) is 1.60. The van der Waals surface area contributed by atoms with E-state index in [0.717, 1.165) is 22.4 Å². The predicted octanol–water partition coefficient (Wildman–Crippen LogP) is 4.27. The lowest BCUT2D eigenvalue weighted by atomic mass is 10.0. The molecule has 0 saturated heterocycles. The Bertz CT molecular complexity index is 847. The van der Waals surface area contributed by atoms with Crippen molar-refractivity contribution >= 4 is 11.9 Å². The molecule has 0 bridgehead atoms. The lowest BCUT2D eigenvalue weighted by molar-refractivity contribution is 0.373. The molecule has 0 aliphatic carbocycles. The first-order valence-corrected chi connectivity index (χ1v) is 7.87. The smallest absolute Gasteiger partial charge is 0.160 e. The number of phenolic OH excluding ortho intramolecular Hbond substituents is 1. The van der Waals surface area contributed by atoms with Crippen LogP contribution < -0.4 is 4.74 Å². The van der Waals surface area contributed by atoms with Gasteiger partial charge in [-0.15, -0.1) is 5.10 Å². The van der Waals surface area contributed by atoms with Gasteiger partial charge in [0.2, 0.25) is 0 Å². The number of aromatic hydroxyl groups is 1. The lowest BCUT2D eigenvalue weighted by Gasteiger charge is -2.05. The van der Waals surface area contributed by atoms with Crippen molar-refractivity contribution in [2.75, 3.05) is 7.11 Å². The molecule has 0 aliphatic rings. The molecule has 0 amide bonds. The number of hydrogen-bond acceptors (Lipinski definition) is 4. The Morgan fingerprint density at radius 2 is 1.48 bits per heavy atom. The van der Waals surface area contributed by atoms with Crippen LogP contribution in [0.25, 0.3) is 0 Å². The molecule has 0 saturated carbocycles. The zero-order valence-corrected chi connectivity index (χ0v) is 13.8. The van der Waals surface area contributed by atoms with E-state index in [-0.39, 0.29) is 5.75 Å². The lowest BCUT2D eigenvalue weighted by Crippen LogP contribution is -2.02. The second-order valence-electron chi connectivity index (χ2n) is 5.36. The van der Waals surface area contributed by atoms with Crippen LogP contribution in [-0.4, -0.2) is 24.1 Å². The summed E-state index contributed by atoms with van der Waals surface area (Å²) >= 11 is 0. The van der Waals surface area contributed by atoms with Crippen LogP contribution in [-0.2, 0) is 0 Å². The second kappa shape index (κ2) is 7.93. The first-order valence-electron chi connectivity index (χ1n) is 7.87. The van der Waals surface area contributed by atoms with Gasteiger partial charge in [0.1, 0.15) is 5.71 Å². The maximum absolute atomic E-state index is 9.83. The fourth-order valence-corrected chi connectivity index (χ4v) is 2.41. The number of methoxy groups -OCH3 is 1. The number of hydrogen-bond donors (Lipinski definition) is 1. The molecule has 0 atom stereocenters. The summed E-state index contributed by atoms with van der Waals surface area (Å²) in [5.74, 6) is 0.497. The van der Waals surface area contributed by atoms with Gasteiger partial charge in [-0.25, -0.2) is 0 Å². The van der Waals surface area contributed by atoms with Gasteiger partial charge >= 0.3 is 0 Å². The Morgan fingerprint density at radius 3 is 2.00 bits per heavy atom. The monoisotopic (exact) mass is 330 g/mol. The molecule has 0 fully saturated rings. The Morgan fingerprint density at radius 1 is 0.880 bits per heavy atom. The quantitative estimate of drug-likeness (QED) is 0.561. The van der Waals surface area contributed by atoms with E-state index in [1.807, 2.05) is 66.7 Å². The summed E-state index contributed by atoms with van der Waals surface area (Å²) in [5, 5.41) is 18.4. The molecule has 124 valence electrons. The zero-order valence-electron chi connectivity index (χ0n) is 13.8. The third-order valence-electron chi connectivity index (χ3n) is 3.66. The zero-order chi connectivity index (χ0) is 17.5. The number of phenols is 1. The fourth-order valence-electron chi connectivity index (χ4n) is 2.41. The average Bonchev–Trinajstić information content (AvgIpc) is 2.67. The van der Waals surface area contributed by atoms with Gasteiger partial charge in [0.15, 0.2) is 11.5 Å². The molecule has 0 spiro atoms. The van der Waals surface area contributed by atoms with E-state index in [1.54, 1.807) is 18.3 Å². The summed E-state index contributed by atoms with van der Waals surface area (Å²) in [6.45, 7) is 0. The number of rotatable bonds is 5. The summed E-state index contributed by atoms with van der Waals surface area (Å²) < 4.78 is 5.04. The number of ether oxygens (including phenoxy) is 1. The largest absolute Gasteiger partial charge is 0.504 e. The first-order chi connectivity index (χ1) is 12.3. The molecule has 3 rings (SSSR count). The van der Waals surface area contributed by atoms with Gasteiger partial charge in [-0.05, 0) is 23.8 Å². The maximum Gasteiger partial charge on any atom is 0.160 e. The summed E-state index contributed by atoms with van der Waals surface area (Å²) in [7, 11) is 1.51. The summed E-state index contributed by atoms with van der Waals surface area (Å²) in [6, 6.07) is 24.9. The van der Waals surface area contributed by atoms with Crippen LogP contribution in [0.4, 0.5) is 0 Å². The predicted molar refractivity (Wildman–Crippen MR) is 101 cm³/mol. The van der Waals surface area contributed by atoms with E-state index < -0.39 is 0 Å². The third-order valence-corrected chi connectivity index (χ3v) is 3.66. The molecule has 0 unspecified atom stereocenters. The van der Waals surface area contributed by atoms with Gasteiger partial charge in [0.05, 0.1) is 13.3 Å². The molecule has 4 nitrogen and oxygen atoms in total. The second-order valence-corrected chi connectivity index (χ2v) is 5.36. The third kappa shape index (κ3) is 4.12. The van der Waals surface area contributed by atoms with Crippen LogP contribution >= 0.6 is 0 Å². The van der Waals surface area contributed by atoms with Gasteiger partial charge < -0.3 is 9.84 Å². The van der Waals surface area contributed by atoms with Gasteiger partial charge in [-0.1, -0.05) is 60.7 Å². The van der Waals surface area contributed by atoms with Crippen molar-refractivity contribution in [3.63, 3.8) is 0 Å². The van der Waals surface area contributed by atoms with Gasteiger partial charge in [-0.2, -0.15) is 5.10 Å². The standard InChI is InChI=1S/C21H18N2O2/c1-25-20-13-12-16(14-19(20)24)15-22-23-21(17-8-4-2-5-9-17)18-10-6-3-7-11-18/h2-15,24H,1H3/b22-15-. The highest BCUT2D eigenvalue weighted by Gasteiger charge is 2.06. The van der Waals surface area contributed by atoms with Crippen molar-refractivity contribution in [3.8, 4) is 11.5 Å². The van der Waals surface area contributed by atoms with Crippen molar-refractivity contribution in [1.82, 2.24) is 0 Å². The summed E-state index contributed by atoms with van der Waals surface area (Å²) in [4.78, 5) is 0. The van der Waals surface area contributed by atoms with E-state index in [1.165, 1.54) is 7.11 Å². The van der Waals surface area contributed by atoms with Gasteiger partial charge in [-0.3, -0.25) is 0 Å². The highest BCUT2D eigenvalue weighted by Crippen LogP contribution is 2.25. The normalized spacial score (nSPS) is 10.6. The first kappa shape index (κ1) is 16.5. The van der Waals surface area contributed by atoms with Crippen LogP contribution in [0.2, 0.25) is 0 Å². The molecule has 3 aromatic carbocycles. The van der Waals surface area contributed by atoms with Crippen LogP contribution in [0.1, 0.15) is 16.7 Å². The van der Waals surface area contributed by atoms with E-state index in [9.17, 15) is 5.11 Å². The molecule has 0 aromatic heterocycles. The average molecular weight is 330 g/mol. The highest BCUT2D eigenvalue weighted by molar-refractivity contribution is 6.12. The molecule has 25 heavy (non-hydrogen) atoms. The van der Waals surface area contributed by atoms with E-state index in [0.29, 0.717) is 5.75 Å². The Balaban J connectivity index is 1.93. The van der Waals surface area contributed by atoms with E-state index in [2.05, 4.69) is 10.2 Å². The number of benzene rings is 3. The van der Waals surface area contributed by atoms with Crippen molar-refractivity contribution in [2.45, 2.75) is 0 Å². The van der Waals surface area contributed by atoms with Crippen LogP contribution in [0.15, 0.2) is 89.1 Å². The molecule has 1 N–H and O–H groups in total. The minimum atomic E-state index is 0.0711. The highest BCUT2D eigenvalue weighted by atomic mass is 16.5. The number of nitrogens with zero attached hydrogens (tertiary/aromatic N) is 2. The van der Waals surface area contributed by atoms with Crippen LogP contribution in [0.5, 0.6) is 11.5 Å². The van der Waals surface area contributed by atoms with Gasteiger partial charge in [0, 0.05) is 11.1 Å². The van der Waals surface area contributed by atoms with Crippen molar-refractivity contribution in [3.05, 3.63) is 95.6 Å². The SMILES string of the molecule is COc1ccc(/C=N\N=C(c2ccccc2)c2ccccc2)cc1O. The Hall–Kier alpha value is -3.40. The molecule has 0 radical (unpaired) electrons. The molecule has 0 heterocycles. The van der Waals surface area contributed by atoms with Crippen molar-refractivity contribution in [1.29, 1.82) is 0 Å². The van der Waals surface area contributed by atoms with Gasteiger partial charge in [0.25, 0.3) is 0 Å². The minimum Gasteiger partial charge on any atom is -0.504 e. The maximum atomic E-state index is 9.83. The van der Waals surface area contributed by atoms with Crippen LogP contribution in [0.3, 0.4) is 0 Å². The minimum absolute atomic E-state index is 0.0711. The Kier molecular flexibility index (Phi) is 5.22. The van der Waals surface area contributed by atoms with Crippen molar-refractivity contribution in [2.24, 2.45) is 10.2 Å². The van der Waals surface area contributed by atoms with E-state index >= 15 is 0 Å².